The van der Waals surface area contributed by atoms with Crippen LogP contribution >= 0.6 is 0 Å². The molecule has 1 aliphatic rings. The lowest BCUT2D eigenvalue weighted by atomic mass is 9.98. The van der Waals surface area contributed by atoms with Gasteiger partial charge in [-0.1, -0.05) is 38.1 Å². The molecule has 0 bridgehead atoms. The standard InChI is InChI=1S/C17H28N2/c1-13(2)17-7-5-15(6-8-17)9-14(3)19(4)12-16-10-18-11-16/h5-8,13-14,16,18H,9-12H2,1-4H3. The molecule has 0 spiro atoms. The maximum Gasteiger partial charge on any atom is 0.0104 e. The smallest absolute Gasteiger partial charge is 0.0104 e. The Morgan fingerprint density at radius 3 is 2.26 bits per heavy atom. The van der Waals surface area contributed by atoms with Crippen LogP contribution in [0.1, 0.15) is 37.8 Å². The van der Waals surface area contributed by atoms with Crippen molar-refractivity contribution >= 4 is 0 Å². The van der Waals surface area contributed by atoms with Crippen LogP contribution in [0.2, 0.25) is 0 Å². The number of likely N-dealkylation sites (N-methyl/N-ethyl adjacent to an activating group) is 1. The molecule has 0 aliphatic carbocycles. The Hall–Kier alpha value is -0.860. The van der Waals surface area contributed by atoms with E-state index in [1.807, 2.05) is 0 Å². The minimum Gasteiger partial charge on any atom is -0.316 e. The summed E-state index contributed by atoms with van der Waals surface area (Å²) in [6.45, 7) is 10.4. The highest BCUT2D eigenvalue weighted by Gasteiger charge is 2.20. The molecule has 1 aromatic rings. The zero-order chi connectivity index (χ0) is 13.8. The van der Waals surface area contributed by atoms with Crippen LogP contribution in [-0.2, 0) is 6.42 Å². The predicted molar refractivity (Wildman–Crippen MR) is 82.7 cm³/mol. The summed E-state index contributed by atoms with van der Waals surface area (Å²) in [5.74, 6) is 1.48. The zero-order valence-electron chi connectivity index (χ0n) is 12.8. The largest absolute Gasteiger partial charge is 0.316 e. The van der Waals surface area contributed by atoms with Gasteiger partial charge in [0, 0.05) is 25.7 Å². The minimum absolute atomic E-state index is 0.616. The molecule has 1 atom stereocenters. The average Bonchev–Trinajstić information content (AvgIpc) is 2.34. The van der Waals surface area contributed by atoms with E-state index in [1.54, 1.807) is 0 Å². The van der Waals surface area contributed by atoms with Gasteiger partial charge in [-0.2, -0.15) is 0 Å². The topological polar surface area (TPSA) is 15.3 Å². The fourth-order valence-electron chi connectivity index (χ4n) is 2.60. The molecule has 0 saturated carbocycles. The van der Waals surface area contributed by atoms with Gasteiger partial charge in [0.25, 0.3) is 0 Å². The third-order valence-electron chi connectivity index (χ3n) is 4.34. The molecule has 0 amide bonds. The summed E-state index contributed by atoms with van der Waals surface area (Å²) in [6, 6.07) is 9.77. The molecule has 0 aromatic heterocycles. The zero-order valence-corrected chi connectivity index (χ0v) is 12.8. The van der Waals surface area contributed by atoms with Gasteiger partial charge in [-0.05, 0) is 43.4 Å². The second-order valence-electron chi connectivity index (χ2n) is 6.41. The molecular formula is C17H28N2. The Kier molecular flexibility index (Phi) is 5.00. The van der Waals surface area contributed by atoms with E-state index < -0.39 is 0 Å². The van der Waals surface area contributed by atoms with Crippen LogP contribution in [0.5, 0.6) is 0 Å². The van der Waals surface area contributed by atoms with Crippen molar-refractivity contribution in [3.05, 3.63) is 35.4 Å². The first-order valence-electron chi connectivity index (χ1n) is 7.56. The van der Waals surface area contributed by atoms with Gasteiger partial charge < -0.3 is 10.2 Å². The van der Waals surface area contributed by atoms with Crippen LogP contribution < -0.4 is 5.32 Å². The van der Waals surface area contributed by atoms with Crippen molar-refractivity contribution in [3.63, 3.8) is 0 Å². The van der Waals surface area contributed by atoms with Crippen LogP contribution in [0.3, 0.4) is 0 Å². The van der Waals surface area contributed by atoms with Crippen molar-refractivity contribution in [1.29, 1.82) is 0 Å². The SMILES string of the molecule is CC(C)c1ccc(CC(C)N(C)CC2CNC2)cc1. The number of hydrogen-bond acceptors (Lipinski definition) is 2. The van der Waals surface area contributed by atoms with E-state index >= 15 is 0 Å². The number of rotatable bonds is 6. The fraction of sp³-hybridized carbons (Fsp3) is 0.647. The second kappa shape index (κ2) is 6.53. The van der Waals surface area contributed by atoms with E-state index in [4.69, 9.17) is 0 Å². The van der Waals surface area contributed by atoms with E-state index in [-0.39, 0.29) is 0 Å². The van der Waals surface area contributed by atoms with Crippen molar-refractivity contribution in [2.45, 2.75) is 39.2 Å². The molecule has 19 heavy (non-hydrogen) atoms. The quantitative estimate of drug-likeness (QED) is 0.846. The number of hydrogen-bond donors (Lipinski definition) is 1. The Morgan fingerprint density at radius 1 is 1.16 bits per heavy atom. The lowest BCUT2D eigenvalue weighted by molar-refractivity contribution is 0.183. The third kappa shape index (κ3) is 4.05. The first kappa shape index (κ1) is 14.5. The van der Waals surface area contributed by atoms with Crippen LogP contribution in [0.25, 0.3) is 0 Å². The van der Waals surface area contributed by atoms with E-state index in [1.165, 1.54) is 30.8 Å². The van der Waals surface area contributed by atoms with Gasteiger partial charge in [-0.15, -0.1) is 0 Å². The van der Waals surface area contributed by atoms with Crippen LogP contribution in [0.15, 0.2) is 24.3 Å². The lowest BCUT2D eigenvalue weighted by Gasteiger charge is -2.34. The molecule has 1 aromatic carbocycles. The van der Waals surface area contributed by atoms with E-state index in [9.17, 15) is 0 Å². The highest BCUT2D eigenvalue weighted by molar-refractivity contribution is 5.25. The molecule has 1 heterocycles. The first-order chi connectivity index (χ1) is 9.06. The van der Waals surface area contributed by atoms with Gasteiger partial charge in [0.15, 0.2) is 0 Å². The predicted octanol–water partition coefficient (Wildman–Crippen LogP) is 2.89. The van der Waals surface area contributed by atoms with Gasteiger partial charge in [0.2, 0.25) is 0 Å². The summed E-state index contributed by atoms with van der Waals surface area (Å²) >= 11 is 0. The van der Waals surface area contributed by atoms with Crippen molar-refractivity contribution < 1.29 is 0 Å². The normalized spacial score (nSPS) is 17.8. The van der Waals surface area contributed by atoms with Crippen molar-refractivity contribution in [3.8, 4) is 0 Å². The molecule has 2 rings (SSSR count). The van der Waals surface area contributed by atoms with Gasteiger partial charge in [0.05, 0.1) is 0 Å². The molecule has 106 valence electrons. The average molecular weight is 260 g/mol. The highest BCUT2D eigenvalue weighted by atomic mass is 15.1. The molecular weight excluding hydrogens is 232 g/mol. The molecule has 2 nitrogen and oxygen atoms in total. The summed E-state index contributed by atoms with van der Waals surface area (Å²) < 4.78 is 0. The maximum atomic E-state index is 3.35. The van der Waals surface area contributed by atoms with Crippen LogP contribution in [-0.4, -0.2) is 37.6 Å². The number of nitrogens with zero attached hydrogens (tertiary/aromatic N) is 1. The Balaban J connectivity index is 1.84. The molecule has 1 fully saturated rings. The van der Waals surface area contributed by atoms with E-state index in [0.29, 0.717) is 12.0 Å². The Morgan fingerprint density at radius 2 is 1.79 bits per heavy atom. The first-order valence-corrected chi connectivity index (χ1v) is 7.56. The van der Waals surface area contributed by atoms with Crippen molar-refractivity contribution in [2.24, 2.45) is 5.92 Å². The third-order valence-corrected chi connectivity index (χ3v) is 4.34. The van der Waals surface area contributed by atoms with Gasteiger partial charge in [-0.3, -0.25) is 0 Å². The minimum atomic E-state index is 0.616. The summed E-state index contributed by atoms with van der Waals surface area (Å²) in [4.78, 5) is 2.50. The van der Waals surface area contributed by atoms with Crippen molar-refractivity contribution in [1.82, 2.24) is 10.2 Å². The van der Waals surface area contributed by atoms with Crippen molar-refractivity contribution in [2.75, 3.05) is 26.7 Å². The second-order valence-corrected chi connectivity index (χ2v) is 6.41. The summed E-state index contributed by atoms with van der Waals surface area (Å²) in [7, 11) is 2.26. The molecule has 1 N–H and O–H groups in total. The highest BCUT2D eigenvalue weighted by Crippen LogP contribution is 2.17. The van der Waals surface area contributed by atoms with Gasteiger partial charge >= 0.3 is 0 Å². The van der Waals surface area contributed by atoms with Crippen LogP contribution in [0.4, 0.5) is 0 Å². The molecule has 1 aliphatic heterocycles. The molecule has 0 radical (unpaired) electrons. The fourth-order valence-corrected chi connectivity index (χ4v) is 2.60. The molecule has 2 heteroatoms. The lowest BCUT2D eigenvalue weighted by Crippen LogP contribution is -2.49. The molecule has 1 unspecified atom stereocenters. The van der Waals surface area contributed by atoms with Gasteiger partial charge in [0.1, 0.15) is 0 Å². The van der Waals surface area contributed by atoms with Crippen LogP contribution in [0, 0.1) is 5.92 Å². The summed E-state index contributed by atoms with van der Waals surface area (Å²) in [5, 5.41) is 3.35. The van der Waals surface area contributed by atoms with E-state index in [2.05, 4.69) is 62.3 Å². The molecule has 1 saturated heterocycles. The van der Waals surface area contributed by atoms with Gasteiger partial charge in [-0.25, -0.2) is 0 Å². The monoisotopic (exact) mass is 260 g/mol. The maximum absolute atomic E-state index is 3.35. The Bertz CT molecular complexity index is 379. The summed E-state index contributed by atoms with van der Waals surface area (Å²) in [5.41, 5.74) is 2.89. The number of nitrogens with one attached hydrogen (secondary N) is 1. The Labute approximate surface area is 118 Å². The van der Waals surface area contributed by atoms with E-state index in [0.717, 1.165) is 12.3 Å². The number of benzene rings is 1. The summed E-state index contributed by atoms with van der Waals surface area (Å²) in [6.07, 6.45) is 1.15.